The van der Waals surface area contributed by atoms with E-state index in [1.807, 2.05) is 0 Å². The fourth-order valence-corrected chi connectivity index (χ4v) is 4.02. The van der Waals surface area contributed by atoms with Gasteiger partial charge in [0.25, 0.3) is 0 Å². The second-order valence-electron chi connectivity index (χ2n) is 7.54. The number of carbonyl (C=O) groups is 2. The van der Waals surface area contributed by atoms with E-state index in [0.29, 0.717) is 0 Å². The summed E-state index contributed by atoms with van der Waals surface area (Å²) in [5.74, 6) is -0.187. The van der Waals surface area contributed by atoms with Crippen molar-refractivity contribution in [3.8, 4) is 0 Å². The van der Waals surface area contributed by atoms with Crippen LogP contribution < -0.4 is 10.2 Å². The van der Waals surface area contributed by atoms with Gasteiger partial charge < -0.3 is 19.8 Å². The van der Waals surface area contributed by atoms with Gasteiger partial charge in [-0.25, -0.2) is 0 Å². The predicted molar refractivity (Wildman–Crippen MR) is 96.6 cm³/mol. The third kappa shape index (κ3) is 15.3. The van der Waals surface area contributed by atoms with E-state index in [1.165, 1.54) is 64.2 Å². The molecule has 2 rings (SSSR count). The Bertz CT molecular complexity index is 314. The minimum atomic E-state index is -0.897. The van der Waals surface area contributed by atoms with Crippen molar-refractivity contribution in [2.75, 3.05) is 0 Å². The molecule has 2 fully saturated rings. The van der Waals surface area contributed by atoms with Gasteiger partial charge in [-0.2, -0.15) is 0 Å². The Morgan fingerprint density at radius 1 is 0.640 bits per heavy atom. The van der Waals surface area contributed by atoms with Crippen LogP contribution in [0.2, 0.25) is 0 Å². The van der Waals surface area contributed by atoms with Crippen molar-refractivity contribution in [3.63, 3.8) is 0 Å². The van der Waals surface area contributed by atoms with E-state index in [0.717, 1.165) is 37.5 Å². The minimum Gasteiger partial charge on any atom is -0.550 e. The molecule has 140 valence electrons. The summed E-state index contributed by atoms with van der Waals surface area (Å²) in [5.41, 5.74) is 0. The predicted octanol–water partition coefficient (Wildman–Crippen LogP) is 2.59. The van der Waals surface area contributed by atoms with E-state index in [9.17, 15) is 19.8 Å². The van der Waals surface area contributed by atoms with Crippen LogP contribution in [0.15, 0.2) is 0 Å². The molecule has 0 amide bonds. The van der Waals surface area contributed by atoms with Crippen molar-refractivity contribution in [1.29, 1.82) is 0 Å². The van der Waals surface area contributed by atoms with Crippen molar-refractivity contribution in [1.82, 2.24) is 0 Å². The molecular weight excluding hydrogens is 442 g/mol. The van der Waals surface area contributed by atoms with Crippen molar-refractivity contribution in [2.24, 2.45) is 11.8 Å². The Balaban J connectivity index is 0.000000443. The first-order valence-corrected chi connectivity index (χ1v) is 9.97. The number of carboxylic acid groups (broad SMARTS) is 2. The second kappa shape index (κ2) is 16.7. The zero-order chi connectivity index (χ0) is 17.6. The Labute approximate surface area is 193 Å². The summed E-state index contributed by atoms with van der Waals surface area (Å²) >= 11 is 0. The van der Waals surface area contributed by atoms with Gasteiger partial charge >= 0.3 is 48.9 Å². The first kappa shape index (κ1) is 25.5. The molecule has 0 aromatic rings. The number of carboxylic acids is 2. The fraction of sp³-hybridized carbons (Fsp3) is 0.900. The largest absolute Gasteiger partial charge is 2.00 e. The topological polar surface area (TPSA) is 80.3 Å². The molecule has 0 heterocycles. The molecule has 2 aliphatic carbocycles. The van der Waals surface area contributed by atoms with Crippen LogP contribution >= 0.6 is 0 Å². The van der Waals surface area contributed by atoms with Crippen LogP contribution in [0.25, 0.3) is 0 Å². The Kier molecular flexibility index (Phi) is 17.0. The first-order chi connectivity index (χ1) is 11.6. The van der Waals surface area contributed by atoms with Gasteiger partial charge in [-0.1, -0.05) is 77.0 Å². The summed E-state index contributed by atoms with van der Waals surface area (Å²) in [6.07, 6.45) is 17.7. The van der Waals surface area contributed by atoms with Gasteiger partial charge in [0.05, 0.1) is 0 Å². The van der Waals surface area contributed by atoms with Gasteiger partial charge in [-0.05, 0) is 37.5 Å². The van der Waals surface area contributed by atoms with E-state index in [2.05, 4.69) is 0 Å². The number of carbonyl (C=O) groups excluding carboxylic acids is 2. The van der Waals surface area contributed by atoms with Gasteiger partial charge in [0.1, 0.15) is 0 Å². The molecule has 5 heteroatoms. The summed E-state index contributed by atoms with van der Waals surface area (Å²) in [7, 11) is 0. The van der Waals surface area contributed by atoms with Crippen LogP contribution in [-0.2, 0) is 9.59 Å². The van der Waals surface area contributed by atoms with Crippen LogP contribution in [-0.4, -0.2) is 60.8 Å². The molecule has 2 saturated carbocycles. The maximum atomic E-state index is 10.1. The molecule has 0 bridgehead atoms. The standard InChI is InChI=1S/2C10H18O2.Ba/c2*11-10(12)8-4-7-9-5-2-1-3-6-9;/h2*9H,1-8H2,(H,11,12);/q;;+2/p-2. The number of hydrogen-bond donors (Lipinski definition) is 0. The molecule has 2 aliphatic rings. The van der Waals surface area contributed by atoms with Crippen LogP contribution in [0.1, 0.15) is 103 Å². The summed E-state index contributed by atoms with van der Waals surface area (Å²) in [6.45, 7) is 0. The third-order valence-corrected chi connectivity index (χ3v) is 5.44. The van der Waals surface area contributed by atoms with Crippen molar-refractivity contribution < 1.29 is 19.8 Å². The first-order valence-electron chi connectivity index (χ1n) is 9.97. The van der Waals surface area contributed by atoms with Crippen LogP contribution in [0.3, 0.4) is 0 Å². The summed E-state index contributed by atoms with van der Waals surface area (Å²) in [5, 5.41) is 20.3. The Morgan fingerprint density at radius 2 is 0.960 bits per heavy atom. The summed E-state index contributed by atoms with van der Waals surface area (Å²) in [4.78, 5) is 20.3. The maximum absolute atomic E-state index is 10.1. The van der Waals surface area contributed by atoms with E-state index < -0.39 is 11.9 Å². The molecule has 0 radical (unpaired) electrons. The van der Waals surface area contributed by atoms with Gasteiger partial charge in [0.2, 0.25) is 0 Å². The zero-order valence-corrected chi connectivity index (χ0v) is 20.2. The van der Waals surface area contributed by atoms with Crippen LogP contribution in [0, 0.1) is 11.8 Å². The maximum Gasteiger partial charge on any atom is 2.00 e. The van der Waals surface area contributed by atoms with E-state index in [-0.39, 0.29) is 61.7 Å². The minimum absolute atomic E-state index is 0. The Morgan fingerprint density at radius 3 is 1.24 bits per heavy atom. The van der Waals surface area contributed by atoms with Gasteiger partial charge in [-0.3, -0.25) is 0 Å². The third-order valence-electron chi connectivity index (χ3n) is 5.44. The van der Waals surface area contributed by atoms with E-state index in [1.54, 1.807) is 0 Å². The molecule has 0 atom stereocenters. The summed E-state index contributed by atoms with van der Waals surface area (Å²) < 4.78 is 0. The molecule has 0 aliphatic heterocycles. The van der Waals surface area contributed by atoms with E-state index >= 15 is 0 Å². The van der Waals surface area contributed by atoms with Crippen LogP contribution in [0.5, 0.6) is 0 Å². The molecule has 0 spiro atoms. The molecule has 0 aromatic heterocycles. The van der Waals surface area contributed by atoms with Gasteiger partial charge in [0, 0.05) is 11.9 Å². The van der Waals surface area contributed by atoms with Crippen molar-refractivity contribution in [3.05, 3.63) is 0 Å². The second-order valence-corrected chi connectivity index (χ2v) is 7.54. The normalized spacial score (nSPS) is 18.6. The van der Waals surface area contributed by atoms with Crippen molar-refractivity contribution >= 4 is 60.8 Å². The van der Waals surface area contributed by atoms with Gasteiger partial charge in [-0.15, -0.1) is 0 Å². The average molecular weight is 476 g/mol. The zero-order valence-electron chi connectivity index (χ0n) is 15.8. The Hall–Kier alpha value is 0.511. The molecule has 0 unspecified atom stereocenters. The number of rotatable bonds is 8. The quantitative estimate of drug-likeness (QED) is 0.505. The molecule has 0 aromatic carbocycles. The van der Waals surface area contributed by atoms with Crippen LogP contribution in [0.4, 0.5) is 0 Å². The molecule has 25 heavy (non-hydrogen) atoms. The molecule has 0 saturated heterocycles. The average Bonchev–Trinajstić information content (AvgIpc) is 2.57. The molecule has 4 nitrogen and oxygen atoms in total. The SMILES string of the molecule is O=C([O-])CCCC1CCCCC1.O=C([O-])CCCC1CCCCC1.[Ba+2]. The van der Waals surface area contributed by atoms with Gasteiger partial charge in [0.15, 0.2) is 0 Å². The number of hydrogen-bond acceptors (Lipinski definition) is 4. The van der Waals surface area contributed by atoms with E-state index in [4.69, 9.17) is 0 Å². The smallest absolute Gasteiger partial charge is 0.550 e. The molecular formula is C20H34BaO4. The summed E-state index contributed by atoms with van der Waals surface area (Å²) in [6, 6.07) is 0. The van der Waals surface area contributed by atoms with Crippen molar-refractivity contribution in [2.45, 2.75) is 103 Å². The monoisotopic (exact) mass is 476 g/mol. The fourth-order valence-electron chi connectivity index (χ4n) is 4.02. The number of aliphatic carboxylic acids is 2. The molecule has 0 N–H and O–H groups in total.